The van der Waals surface area contributed by atoms with Crippen LogP contribution in [0.1, 0.15) is 31.2 Å². The SMILES string of the molecule is CCc1c(O)[n+]2c(n(-c3ccccc3)c1=O)CCCC2. The Hall–Kier alpha value is -2.10. The van der Waals surface area contributed by atoms with Gasteiger partial charge in [0.15, 0.2) is 0 Å². The van der Waals surface area contributed by atoms with E-state index in [0.29, 0.717) is 12.0 Å². The fraction of sp³-hybridized carbons (Fsp3) is 0.375. The zero-order valence-corrected chi connectivity index (χ0v) is 11.7. The van der Waals surface area contributed by atoms with Crippen LogP contribution in [0.25, 0.3) is 5.69 Å². The molecule has 2 heterocycles. The maximum absolute atomic E-state index is 12.7. The van der Waals surface area contributed by atoms with Crippen molar-refractivity contribution in [1.29, 1.82) is 0 Å². The van der Waals surface area contributed by atoms with Crippen LogP contribution in [0.3, 0.4) is 0 Å². The summed E-state index contributed by atoms with van der Waals surface area (Å²) in [5.41, 5.74) is 1.28. The number of benzene rings is 1. The molecule has 0 spiro atoms. The minimum Gasteiger partial charge on any atom is -0.477 e. The lowest BCUT2D eigenvalue weighted by Gasteiger charge is -2.17. The molecule has 4 heteroatoms. The number of rotatable bonds is 2. The fourth-order valence-electron chi connectivity index (χ4n) is 2.94. The van der Waals surface area contributed by atoms with Gasteiger partial charge >= 0.3 is 5.56 Å². The lowest BCUT2D eigenvalue weighted by molar-refractivity contribution is -0.719. The molecule has 20 heavy (non-hydrogen) atoms. The van der Waals surface area contributed by atoms with E-state index in [1.165, 1.54) is 0 Å². The minimum absolute atomic E-state index is 0.0932. The molecule has 0 fully saturated rings. The minimum atomic E-state index is -0.0932. The van der Waals surface area contributed by atoms with Crippen molar-refractivity contribution >= 4 is 0 Å². The number of hydrogen-bond acceptors (Lipinski definition) is 2. The van der Waals surface area contributed by atoms with E-state index < -0.39 is 0 Å². The highest BCUT2D eigenvalue weighted by Gasteiger charge is 2.30. The Bertz CT molecular complexity index is 690. The first kappa shape index (κ1) is 12.9. The summed E-state index contributed by atoms with van der Waals surface area (Å²) in [6.45, 7) is 2.68. The van der Waals surface area contributed by atoms with Crippen molar-refractivity contribution in [2.75, 3.05) is 0 Å². The van der Waals surface area contributed by atoms with Crippen molar-refractivity contribution in [2.45, 2.75) is 39.2 Å². The molecule has 0 amide bonds. The average molecular weight is 271 g/mol. The normalized spacial score (nSPS) is 14.1. The molecule has 0 atom stereocenters. The number of para-hydroxylation sites is 1. The van der Waals surface area contributed by atoms with Crippen LogP contribution >= 0.6 is 0 Å². The third-order valence-corrected chi connectivity index (χ3v) is 3.96. The number of aromatic hydroxyl groups is 1. The van der Waals surface area contributed by atoms with Crippen molar-refractivity contribution in [1.82, 2.24) is 4.57 Å². The molecule has 0 unspecified atom stereocenters. The van der Waals surface area contributed by atoms with Crippen molar-refractivity contribution in [3.63, 3.8) is 0 Å². The van der Waals surface area contributed by atoms with Gasteiger partial charge in [-0.15, -0.1) is 0 Å². The Kier molecular flexibility index (Phi) is 3.30. The summed E-state index contributed by atoms with van der Waals surface area (Å²) < 4.78 is 3.66. The van der Waals surface area contributed by atoms with E-state index in [2.05, 4.69) is 0 Å². The van der Waals surface area contributed by atoms with Gasteiger partial charge < -0.3 is 5.11 Å². The molecule has 0 saturated heterocycles. The lowest BCUT2D eigenvalue weighted by atomic mass is 10.1. The zero-order valence-electron chi connectivity index (χ0n) is 11.7. The first-order chi connectivity index (χ1) is 9.74. The van der Waals surface area contributed by atoms with Crippen LogP contribution < -0.4 is 10.1 Å². The molecule has 0 saturated carbocycles. The summed E-state index contributed by atoms with van der Waals surface area (Å²) in [5, 5.41) is 10.3. The van der Waals surface area contributed by atoms with Crippen LogP contribution in [0, 0.1) is 0 Å². The highest BCUT2D eigenvalue weighted by atomic mass is 16.3. The Balaban J connectivity index is 2.36. The fourth-order valence-corrected chi connectivity index (χ4v) is 2.94. The molecule has 1 aromatic heterocycles. The van der Waals surface area contributed by atoms with E-state index in [1.807, 2.05) is 41.8 Å². The topological polar surface area (TPSA) is 46.1 Å². The van der Waals surface area contributed by atoms with Crippen LogP contribution in [0.15, 0.2) is 35.1 Å². The summed E-state index contributed by atoms with van der Waals surface area (Å²) in [6.07, 6.45) is 3.46. The molecule has 3 rings (SSSR count). The second-order valence-electron chi connectivity index (χ2n) is 5.16. The lowest BCUT2D eigenvalue weighted by Crippen LogP contribution is -2.49. The van der Waals surface area contributed by atoms with Gasteiger partial charge in [-0.1, -0.05) is 25.1 Å². The summed E-state index contributed by atoms with van der Waals surface area (Å²) in [4.78, 5) is 12.7. The molecular formula is C16H19N2O2+. The van der Waals surface area contributed by atoms with Crippen LogP contribution in [-0.4, -0.2) is 9.67 Å². The molecule has 104 valence electrons. The van der Waals surface area contributed by atoms with Crippen molar-refractivity contribution in [2.24, 2.45) is 0 Å². The van der Waals surface area contributed by atoms with E-state index >= 15 is 0 Å². The van der Waals surface area contributed by atoms with Gasteiger partial charge in [-0.3, -0.25) is 0 Å². The van der Waals surface area contributed by atoms with Crippen LogP contribution in [-0.2, 0) is 19.4 Å². The first-order valence-electron chi connectivity index (χ1n) is 7.19. The summed E-state index contributed by atoms with van der Waals surface area (Å²) in [6, 6.07) is 9.68. The van der Waals surface area contributed by atoms with Gasteiger partial charge in [0.25, 0.3) is 11.7 Å². The quantitative estimate of drug-likeness (QED) is 0.846. The largest absolute Gasteiger partial charge is 0.477 e. The summed E-state index contributed by atoms with van der Waals surface area (Å²) in [7, 11) is 0. The average Bonchev–Trinajstić information content (AvgIpc) is 2.49. The second-order valence-corrected chi connectivity index (χ2v) is 5.16. The van der Waals surface area contributed by atoms with Crippen LogP contribution in [0.4, 0.5) is 0 Å². The predicted molar refractivity (Wildman–Crippen MR) is 76.2 cm³/mol. The maximum Gasteiger partial charge on any atom is 0.349 e. The Labute approximate surface area is 117 Å². The van der Waals surface area contributed by atoms with Crippen molar-refractivity contribution in [3.05, 3.63) is 52.1 Å². The number of aromatic nitrogens is 2. The van der Waals surface area contributed by atoms with Gasteiger partial charge in [0, 0.05) is 0 Å². The van der Waals surface area contributed by atoms with Gasteiger partial charge in [-0.25, -0.2) is 4.79 Å². The Morgan fingerprint density at radius 1 is 1.25 bits per heavy atom. The second kappa shape index (κ2) is 5.12. The van der Waals surface area contributed by atoms with Gasteiger partial charge in [0.1, 0.15) is 11.3 Å². The highest BCUT2D eigenvalue weighted by Crippen LogP contribution is 2.18. The molecule has 0 radical (unpaired) electrons. The molecule has 1 aromatic carbocycles. The number of nitrogens with zero attached hydrogens (tertiary/aromatic N) is 2. The van der Waals surface area contributed by atoms with Gasteiger partial charge in [-0.2, -0.15) is 9.13 Å². The van der Waals surface area contributed by atoms with Gasteiger partial charge in [0.05, 0.1) is 13.0 Å². The van der Waals surface area contributed by atoms with E-state index in [9.17, 15) is 9.90 Å². The van der Waals surface area contributed by atoms with E-state index in [-0.39, 0.29) is 11.4 Å². The van der Waals surface area contributed by atoms with Crippen LogP contribution in [0.5, 0.6) is 5.88 Å². The molecule has 2 aromatic rings. The predicted octanol–water partition coefficient (Wildman–Crippen LogP) is 1.73. The third-order valence-electron chi connectivity index (χ3n) is 3.96. The Morgan fingerprint density at radius 2 is 2.00 bits per heavy atom. The third kappa shape index (κ3) is 1.92. The van der Waals surface area contributed by atoms with Gasteiger partial charge in [0.2, 0.25) is 0 Å². The zero-order chi connectivity index (χ0) is 14.1. The Morgan fingerprint density at radius 3 is 2.70 bits per heavy atom. The maximum atomic E-state index is 12.7. The number of hydrogen-bond donors (Lipinski definition) is 1. The smallest absolute Gasteiger partial charge is 0.349 e. The molecule has 0 aliphatic carbocycles. The molecular weight excluding hydrogens is 252 g/mol. The molecule has 1 aliphatic heterocycles. The molecule has 4 nitrogen and oxygen atoms in total. The number of fused-ring (bicyclic) bond motifs is 1. The van der Waals surface area contributed by atoms with E-state index in [1.54, 1.807) is 4.57 Å². The van der Waals surface area contributed by atoms with E-state index in [4.69, 9.17) is 0 Å². The van der Waals surface area contributed by atoms with Gasteiger partial charge in [-0.05, 0) is 31.4 Å². The van der Waals surface area contributed by atoms with Crippen LogP contribution in [0.2, 0.25) is 0 Å². The molecule has 1 N–H and O–H groups in total. The molecule has 1 aliphatic rings. The van der Waals surface area contributed by atoms with Crippen molar-refractivity contribution in [3.8, 4) is 11.6 Å². The van der Waals surface area contributed by atoms with E-state index in [0.717, 1.165) is 37.3 Å². The standard InChI is InChI=1S/C16H18N2O2/c1-2-13-15(19)17-11-7-6-10-14(17)18(16(13)20)12-8-4-3-5-9-12/h3-5,8-9H,2,6-7,10-11H2,1H3/p+1. The molecule has 0 bridgehead atoms. The summed E-state index contributed by atoms with van der Waals surface area (Å²) in [5.74, 6) is 1.06. The summed E-state index contributed by atoms with van der Waals surface area (Å²) >= 11 is 0. The first-order valence-corrected chi connectivity index (χ1v) is 7.19. The van der Waals surface area contributed by atoms with Crippen molar-refractivity contribution < 1.29 is 9.67 Å². The highest BCUT2D eigenvalue weighted by molar-refractivity contribution is 5.34. The monoisotopic (exact) mass is 271 g/mol.